The molecule has 2 aromatic carbocycles. The summed E-state index contributed by atoms with van der Waals surface area (Å²) in [5, 5.41) is 5.45. The highest BCUT2D eigenvalue weighted by molar-refractivity contribution is 5.99. The maximum atomic E-state index is 12.5. The molecule has 28 heavy (non-hydrogen) atoms. The van der Waals surface area contributed by atoms with Crippen molar-refractivity contribution in [1.29, 1.82) is 0 Å². The molecule has 2 amide bonds. The van der Waals surface area contributed by atoms with E-state index in [0.717, 1.165) is 17.5 Å². The summed E-state index contributed by atoms with van der Waals surface area (Å²) in [5.41, 5.74) is 2.56. The molecule has 1 aliphatic heterocycles. The second-order valence-electron chi connectivity index (χ2n) is 6.87. The molecule has 0 fully saturated rings. The van der Waals surface area contributed by atoms with Crippen LogP contribution in [0.15, 0.2) is 48.5 Å². The zero-order valence-electron chi connectivity index (χ0n) is 16.0. The van der Waals surface area contributed by atoms with Crippen LogP contribution in [-0.4, -0.2) is 30.4 Å². The smallest absolute Gasteiger partial charge is 0.339 e. The molecule has 6 nitrogen and oxygen atoms in total. The van der Waals surface area contributed by atoms with Gasteiger partial charge in [-0.2, -0.15) is 0 Å². The lowest BCUT2D eigenvalue weighted by molar-refractivity contribution is -0.122. The van der Waals surface area contributed by atoms with E-state index in [1.165, 1.54) is 0 Å². The monoisotopic (exact) mass is 380 g/mol. The predicted octanol–water partition coefficient (Wildman–Crippen LogP) is 2.79. The van der Waals surface area contributed by atoms with Gasteiger partial charge in [0.25, 0.3) is 5.91 Å². The van der Waals surface area contributed by atoms with Crippen molar-refractivity contribution in [2.75, 3.05) is 6.54 Å². The van der Waals surface area contributed by atoms with Crippen LogP contribution in [0.5, 0.6) is 0 Å². The molecule has 0 saturated carbocycles. The molecule has 0 radical (unpaired) electrons. The van der Waals surface area contributed by atoms with Crippen molar-refractivity contribution in [3.63, 3.8) is 0 Å². The number of amides is 2. The van der Waals surface area contributed by atoms with Crippen LogP contribution in [0.2, 0.25) is 0 Å². The first kappa shape index (κ1) is 19.6. The molecule has 3 rings (SSSR count). The highest BCUT2D eigenvalue weighted by Crippen LogP contribution is 2.31. The fraction of sp³-hybridized carbons (Fsp3) is 0.318. The Bertz CT molecular complexity index is 879. The van der Waals surface area contributed by atoms with Crippen LogP contribution < -0.4 is 10.6 Å². The largest absolute Gasteiger partial charge is 0.454 e. The van der Waals surface area contributed by atoms with Gasteiger partial charge in [0.2, 0.25) is 5.91 Å². The zero-order valence-corrected chi connectivity index (χ0v) is 16.0. The fourth-order valence-corrected chi connectivity index (χ4v) is 3.14. The van der Waals surface area contributed by atoms with Gasteiger partial charge in [0.1, 0.15) is 12.1 Å². The first-order valence-corrected chi connectivity index (χ1v) is 9.47. The highest BCUT2D eigenvalue weighted by Gasteiger charge is 2.28. The van der Waals surface area contributed by atoms with E-state index >= 15 is 0 Å². The van der Waals surface area contributed by atoms with E-state index in [4.69, 9.17) is 4.74 Å². The molecule has 0 bridgehead atoms. The summed E-state index contributed by atoms with van der Waals surface area (Å²) in [4.78, 5) is 36.8. The van der Waals surface area contributed by atoms with Crippen LogP contribution >= 0.6 is 0 Å². The maximum Gasteiger partial charge on any atom is 0.339 e. The molecule has 0 aromatic heterocycles. The van der Waals surface area contributed by atoms with E-state index in [-0.39, 0.29) is 17.9 Å². The standard InChI is InChI=1S/C22H24N2O4/c1-3-11-23-20(25)14(2)24-21(26)16-9-10-18-17(12-16)13-19(28-22(18)27)15-7-5-4-6-8-15/h4-10,12,14,19H,3,11,13H2,1-2H3,(H,23,25)(H,24,26)/t14-,19-/m0/s1. The minimum absolute atomic E-state index is 0.221. The van der Waals surface area contributed by atoms with E-state index in [2.05, 4.69) is 10.6 Å². The Morgan fingerprint density at radius 3 is 2.64 bits per heavy atom. The molecule has 0 saturated heterocycles. The number of cyclic esters (lactones) is 1. The zero-order chi connectivity index (χ0) is 20.1. The number of hydrogen-bond donors (Lipinski definition) is 2. The van der Waals surface area contributed by atoms with Crippen molar-refractivity contribution in [3.05, 3.63) is 70.8 Å². The lowest BCUT2D eigenvalue weighted by atomic mass is 9.93. The molecule has 1 heterocycles. The topological polar surface area (TPSA) is 84.5 Å². The van der Waals surface area contributed by atoms with Crippen molar-refractivity contribution in [3.8, 4) is 0 Å². The third kappa shape index (κ3) is 4.39. The lowest BCUT2D eigenvalue weighted by Crippen LogP contribution is -2.45. The van der Waals surface area contributed by atoms with E-state index < -0.39 is 12.0 Å². The summed E-state index contributed by atoms with van der Waals surface area (Å²) in [6.45, 7) is 4.18. The Labute approximate surface area is 164 Å². The number of ether oxygens (including phenoxy) is 1. The van der Waals surface area contributed by atoms with E-state index in [0.29, 0.717) is 24.1 Å². The molecule has 0 aliphatic carbocycles. The molecule has 1 aliphatic rings. The van der Waals surface area contributed by atoms with Gasteiger partial charge >= 0.3 is 5.97 Å². The van der Waals surface area contributed by atoms with Gasteiger partial charge in [-0.15, -0.1) is 0 Å². The predicted molar refractivity (Wildman–Crippen MR) is 105 cm³/mol. The van der Waals surface area contributed by atoms with Crippen molar-refractivity contribution >= 4 is 17.8 Å². The molecule has 2 aromatic rings. The van der Waals surface area contributed by atoms with Crippen molar-refractivity contribution in [2.45, 2.75) is 38.8 Å². The second-order valence-corrected chi connectivity index (χ2v) is 6.87. The summed E-state index contributed by atoms with van der Waals surface area (Å²) in [6, 6.07) is 13.8. The van der Waals surface area contributed by atoms with Crippen LogP contribution in [-0.2, 0) is 16.0 Å². The summed E-state index contributed by atoms with van der Waals surface area (Å²) in [7, 11) is 0. The Kier molecular flexibility index (Phi) is 6.09. The quantitative estimate of drug-likeness (QED) is 0.755. The molecular weight excluding hydrogens is 356 g/mol. The van der Waals surface area contributed by atoms with E-state index in [1.54, 1.807) is 25.1 Å². The normalized spacial score (nSPS) is 16.5. The number of hydrogen-bond acceptors (Lipinski definition) is 4. The van der Waals surface area contributed by atoms with Crippen LogP contribution in [0.1, 0.15) is 58.2 Å². The lowest BCUT2D eigenvalue weighted by Gasteiger charge is -2.25. The second kappa shape index (κ2) is 8.69. The Morgan fingerprint density at radius 1 is 1.18 bits per heavy atom. The van der Waals surface area contributed by atoms with Crippen LogP contribution in [0.4, 0.5) is 0 Å². The Hall–Kier alpha value is -3.15. The van der Waals surface area contributed by atoms with Gasteiger partial charge in [0, 0.05) is 18.5 Å². The highest BCUT2D eigenvalue weighted by atomic mass is 16.5. The summed E-state index contributed by atoms with van der Waals surface area (Å²) in [5.74, 6) is -0.965. The van der Waals surface area contributed by atoms with E-state index in [9.17, 15) is 14.4 Å². The van der Waals surface area contributed by atoms with Gasteiger partial charge < -0.3 is 15.4 Å². The molecular formula is C22H24N2O4. The Morgan fingerprint density at radius 2 is 1.93 bits per heavy atom. The van der Waals surface area contributed by atoms with Crippen molar-refractivity contribution in [1.82, 2.24) is 10.6 Å². The van der Waals surface area contributed by atoms with Gasteiger partial charge in [-0.25, -0.2) is 4.79 Å². The van der Waals surface area contributed by atoms with Gasteiger partial charge in [0.05, 0.1) is 5.56 Å². The summed E-state index contributed by atoms with van der Waals surface area (Å²) >= 11 is 0. The van der Waals surface area contributed by atoms with Gasteiger partial charge in [-0.05, 0) is 42.7 Å². The number of esters is 1. The minimum atomic E-state index is -0.642. The van der Waals surface area contributed by atoms with Gasteiger partial charge in [-0.1, -0.05) is 37.3 Å². The van der Waals surface area contributed by atoms with Crippen LogP contribution in [0.25, 0.3) is 0 Å². The molecule has 0 unspecified atom stereocenters. The van der Waals surface area contributed by atoms with Crippen LogP contribution in [0.3, 0.4) is 0 Å². The van der Waals surface area contributed by atoms with Crippen molar-refractivity contribution < 1.29 is 19.1 Å². The number of carbonyl (C=O) groups excluding carboxylic acids is 3. The first-order chi connectivity index (χ1) is 13.5. The summed E-state index contributed by atoms with van der Waals surface area (Å²) < 4.78 is 5.54. The molecule has 2 atom stereocenters. The summed E-state index contributed by atoms with van der Waals surface area (Å²) in [6.07, 6.45) is 0.951. The average molecular weight is 380 g/mol. The van der Waals surface area contributed by atoms with Gasteiger partial charge in [0.15, 0.2) is 0 Å². The van der Waals surface area contributed by atoms with E-state index in [1.807, 2.05) is 37.3 Å². The molecule has 146 valence electrons. The SMILES string of the molecule is CCCNC(=O)[C@H](C)NC(=O)c1ccc2c(c1)C[C@@H](c1ccccc1)OC2=O. The van der Waals surface area contributed by atoms with Crippen LogP contribution in [0, 0.1) is 0 Å². The number of rotatable bonds is 6. The molecule has 0 spiro atoms. The molecule has 6 heteroatoms. The number of benzene rings is 2. The minimum Gasteiger partial charge on any atom is -0.454 e. The number of fused-ring (bicyclic) bond motifs is 1. The maximum absolute atomic E-state index is 12.5. The number of nitrogens with one attached hydrogen (secondary N) is 2. The first-order valence-electron chi connectivity index (χ1n) is 9.47. The Balaban J connectivity index is 1.74. The average Bonchev–Trinajstić information content (AvgIpc) is 2.72. The van der Waals surface area contributed by atoms with Crippen molar-refractivity contribution in [2.24, 2.45) is 0 Å². The number of carbonyl (C=O) groups is 3. The third-order valence-electron chi connectivity index (χ3n) is 4.70. The molecule has 2 N–H and O–H groups in total. The van der Waals surface area contributed by atoms with Gasteiger partial charge in [-0.3, -0.25) is 9.59 Å². The third-order valence-corrected chi connectivity index (χ3v) is 4.70. The fourth-order valence-electron chi connectivity index (χ4n) is 3.14.